The molecule has 0 spiro atoms. The van der Waals surface area contributed by atoms with Crippen molar-refractivity contribution in [2.45, 2.75) is 17.8 Å². The van der Waals surface area contributed by atoms with Gasteiger partial charge < -0.3 is 4.90 Å². The van der Waals surface area contributed by atoms with E-state index < -0.39 is 57.4 Å². The second-order valence-electron chi connectivity index (χ2n) is 4.58. The summed E-state index contributed by atoms with van der Waals surface area (Å²) in [4.78, 5) is 12.4. The van der Waals surface area contributed by atoms with E-state index in [1.807, 2.05) is 0 Å². The van der Waals surface area contributed by atoms with Crippen LogP contribution >= 0.6 is 0 Å². The molecule has 0 saturated carbocycles. The van der Waals surface area contributed by atoms with Gasteiger partial charge in [-0.25, -0.2) is 17.9 Å². The van der Waals surface area contributed by atoms with Crippen LogP contribution in [0.25, 0.3) is 0 Å². The predicted octanol–water partition coefficient (Wildman–Crippen LogP) is 1.24. The lowest BCUT2D eigenvalue weighted by Crippen LogP contribution is -2.32. The number of sulfonamides is 1. The number of nitrogens with two attached hydrogens (primary N) is 1. The fraction of sp³-hybridized carbons (Fsp3) is 0.364. The van der Waals surface area contributed by atoms with E-state index in [2.05, 4.69) is 0 Å². The third-order valence-corrected chi connectivity index (χ3v) is 4.36. The van der Waals surface area contributed by atoms with Crippen LogP contribution in [0.3, 0.4) is 0 Å². The van der Waals surface area contributed by atoms with Crippen molar-refractivity contribution in [3.63, 3.8) is 0 Å². The quantitative estimate of drug-likeness (QED) is 0.830. The number of alkyl halides is 3. The van der Waals surface area contributed by atoms with Gasteiger partial charge in [0.05, 0.1) is 11.3 Å². The van der Waals surface area contributed by atoms with E-state index in [-0.39, 0.29) is 0 Å². The maximum absolute atomic E-state index is 13.7. The van der Waals surface area contributed by atoms with Crippen LogP contribution in [0, 0.1) is 5.82 Å². The minimum absolute atomic E-state index is 0.471. The molecule has 1 unspecified atom stereocenters. The Balaban J connectivity index is 2.41. The zero-order valence-electron chi connectivity index (χ0n) is 10.4. The number of carbonyl (C=O) groups is 1. The Kier molecular flexibility index (Phi) is 3.70. The van der Waals surface area contributed by atoms with Crippen LogP contribution in [0.4, 0.5) is 23.2 Å². The number of benzene rings is 1. The van der Waals surface area contributed by atoms with Crippen molar-refractivity contribution < 1.29 is 30.8 Å². The summed E-state index contributed by atoms with van der Waals surface area (Å²) in [5, 5.41) is 3.64. The van der Waals surface area contributed by atoms with E-state index in [9.17, 15) is 30.8 Å². The van der Waals surface area contributed by atoms with Crippen molar-refractivity contribution in [2.75, 3.05) is 11.4 Å². The van der Waals surface area contributed by atoms with E-state index >= 15 is 0 Å². The average Bonchev–Trinajstić information content (AvgIpc) is 2.70. The van der Waals surface area contributed by atoms with Gasteiger partial charge in [0.15, 0.2) is 0 Å². The Bertz CT molecular complexity index is 687. The van der Waals surface area contributed by atoms with E-state index in [1.54, 1.807) is 0 Å². The van der Waals surface area contributed by atoms with Crippen LogP contribution in [0.5, 0.6) is 0 Å². The first-order valence-corrected chi connectivity index (χ1v) is 7.30. The van der Waals surface area contributed by atoms with Gasteiger partial charge in [0.1, 0.15) is 11.1 Å². The van der Waals surface area contributed by atoms with Gasteiger partial charge in [-0.1, -0.05) is 0 Å². The van der Waals surface area contributed by atoms with Crippen LogP contribution in [0.2, 0.25) is 0 Å². The topological polar surface area (TPSA) is 80.5 Å². The maximum Gasteiger partial charge on any atom is 0.416 e. The van der Waals surface area contributed by atoms with Crippen LogP contribution in [0.15, 0.2) is 18.2 Å². The first kappa shape index (κ1) is 15.7. The Labute approximate surface area is 117 Å². The highest BCUT2D eigenvalue weighted by Crippen LogP contribution is 2.34. The van der Waals surface area contributed by atoms with Gasteiger partial charge >= 0.3 is 6.18 Å². The monoisotopic (exact) mass is 326 g/mol. The smallest absolute Gasteiger partial charge is 0.308 e. The summed E-state index contributed by atoms with van der Waals surface area (Å²) in [6, 6.07) is 1.59. The van der Waals surface area contributed by atoms with Gasteiger partial charge in [0, 0.05) is 13.0 Å². The van der Waals surface area contributed by atoms with Crippen LogP contribution in [-0.4, -0.2) is 26.1 Å². The molecule has 5 nitrogen and oxygen atoms in total. The van der Waals surface area contributed by atoms with E-state index in [4.69, 9.17) is 5.14 Å². The predicted molar refractivity (Wildman–Crippen MR) is 65.3 cm³/mol. The average molecular weight is 326 g/mol. The van der Waals surface area contributed by atoms with E-state index in [0.29, 0.717) is 23.1 Å². The van der Waals surface area contributed by atoms with E-state index in [0.717, 1.165) is 0 Å². The van der Waals surface area contributed by atoms with Gasteiger partial charge in [0.25, 0.3) is 0 Å². The third-order valence-electron chi connectivity index (χ3n) is 3.12. The lowest BCUT2D eigenvalue weighted by atomic mass is 10.1. The summed E-state index contributed by atoms with van der Waals surface area (Å²) in [6.45, 7) is -0.476. The fourth-order valence-corrected chi connectivity index (χ4v) is 2.76. The molecular weight excluding hydrogens is 316 g/mol. The van der Waals surface area contributed by atoms with Crippen molar-refractivity contribution in [1.82, 2.24) is 0 Å². The Hall–Kier alpha value is -1.68. The zero-order valence-corrected chi connectivity index (χ0v) is 11.2. The summed E-state index contributed by atoms with van der Waals surface area (Å²) in [6.07, 6.45) is -5.20. The number of amides is 1. The Morgan fingerprint density at radius 3 is 2.38 bits per heavy atom. The summed E-state index contributed by atoms with van der Waals surface area (Å²) < 4.78 is 73.9. The summed E-state index contributed by atoms with van der Waals surface area (Å²) >= 11 is 0. The van der Waals surface area contributed by atoms with Gasteiger partial charge in [-0.2, -0.15) is 13.2 Å². The van der Waals surface area contributed by atoms with Gasteiger partial charge in [0.2, 0.25) is 15.9 Å². The molecule has 1 atom stereocenters. The molecule has 1 amide bonds. The number of hydrogen-bond donors (Lipinski definition) is 1. The number of halogens is 4. The highest BCUT2D eigenvalue weighted by molar-refractivity contribution is 7.89. The molecule has 1 aliphatic rings. The number of primary sulfonamides is 1. The molecule has 0 aromatic heterocycles. The first-order chi connectivity index (χ1) is 9.50. The third kappa shape index (κ3) is 3.16. The minimum atomic E-state index is -4.70. The summed E-state index contributed by atoms with van der Waals surface area (Å²) in [5.74, 6) is -1.85. The van der Waals surface area contributed by atoms with Crippen LogP contribution < -0.4 is 10.0 Å². The first-order valence-electron chi connectivity index (χ1n) is 5.69. The molecular formula is C11H10F4N2O3S. The maximum atomic E-state index is 13.7. The standard InChI is InChI=1S/C11H10F4N2O3S/c12-8-2-1-6(11(13,14)15)3-9(8)17-5-7(4-10(17)18)21(16,19)20/h1-3,7H,4-5H2,(H2,16,19,20). The SMILES string of the molecule is NS(=O)(=O)C1CC(=O)N(c2cc(C(F)(F)F)ccc2F)C1. The molecule has 0 aliphatic carbocycles. The molecule has 0 radical (unpaired) electrons. The molecule has 10 heteroatoms. The molecule has 116 valence electrons. The van der Waals surface area contributed by atoms with Crippen LogP contribution in [-0.2, 0) is 21.0 Å². The normalized spacial score (nSPS) is 20.1. The molecule has 1 fully saturated rings. The number of anilines is 1. The van der Waals surface area contributed by atoms with Crippen molar-refractivity contribution in [3.8, 4) is 0 Å². The summed E-state index contributed by atoms with van der Waals surface area (Å²) in [7, 11) is -4.03. The highest BCUT2D eigenvalue weighted by Gasteiger charge is 2.39. The fourth-order valence-electron chi connectivity index (χ4n) is 2.02. The molecule has 2 N–H and O–H groups in total. The molecule has 1 aliphatic heterocycles. The second-order valence-corrected chi connectivity index (χ2v) is 6.43. The van der Waals surface area contributed by atoms with Crippen molar-refractivity contribution in [3.05, 3.63) is 29.6 Å². The molecule has 21 heavy (non-hydrogen) atoms. The largest absolute Gasteiger partial charge is 0.416 e. The Morgan fingerprint density at radius 2 is 1.90 bits per heavy atom. The Morgan fingerprint density at radius 1 is 1.29 bits per heavy atom. The van der Waals surface area contributed by atoms with Crippen molar-refractivity contribution >= 4 is 21.6 Å². The molecule has 1 heterocycles. The lowest BCUT2D eigenvalue weighted by molar-refractivity contribution is -0.137. The van der Waals surface area contributed by atoms with Crippen molar-refractivity contribution in [2.24, 2.45) is 5.14 Å². The number of hydrogen-bond acceptors (Lipinski definition) is 3. The molecule has 1 aromatic rings. The van der Waals surface area contributed by atoms with Gasteiger partial charge in [-0.15, -0.1) is 0 Å². The minimum Gasteiger partial charge on any atom is -0.308 e. The van der Waals surface area contributed by atoms with Crippen molar-refractivity contribution in [1.29, 1.82) is 0 Å². The molecule has 1 saturated heterocycles. The number of rotatable bonds is 2. The molecule has 2 rings (SSSR count). The van der Waals surface area contributed by atoms with Gasteiger partial charge in [-0.05, 0) is 18.2 Å². The number of nitrogens with zero attached hydrogens (tertiary/aromatic N) is 1. The summed E-state index contributed by atoms with van der Waals surface area (Å²) in [5.41, 5.74) is -1.74. The second kappa shape index (κ2) is 4.95. The van der Waals surface area contributed by atoms with E-state index in [1.165, 1.54) is 0 Å². The zero-order chi connectivity index (χ0) is 16.0. The van der Waals surface area contributed by atoms with Crippen LogP contribution in [0.1, 0.15) is 12.0 Å². The van der Waals surface area contributed by atoms with Gasteiger partial charge in [-0.3, -0.25) is 4.79 Å². The molecule has 1 aromatic carbocycles. The number of carbonyl (C=O) groups excluding carboxylic acids is 1. The lowest BCUT2D eigenvalue weighted by Gasteiger charge is -2.18. The molecule has 0 bridgehead atoms. The highest BCUT2D eigenvalue weighted by atomic mass is 32.2.